The van der Waals surface area contributed by atoms with Crippen molar-refractivity contribution in [2.24, 2.45) is 0 Å². The summed E-state index contributed by atoms with van der Waals surface area (Å²) in [6.45, 7) is 2.78. The third kappa shape index (κ3) is 5.73. The molecule has 3 rings (SSSR count). The van der Waals surface area contributed by atoms with Crippen LogP contribution in [0.15, 0.2) is 77.7 Å². The molecule has 0 aliphatic carbocycles. The van der Waals surface area contributed by atoms with Crippen LogP contribution in [-0.2, 0) is 21.4 Å². The molecule has 5 nitrogen and oxygen atoms in total. The van der Waals surface area contributed by atoms with Gasteiger partial charge >= 0.3 is 0 Å². The van der Waals surface area contributed by atoms with E-state index in [2.05, 4.69) is 5.32 Å². The van der Waals surface area contributed by atoms with Crippen LogP contribution >= 0.6 is 11.6 Å². The van der Waals surface area contributed by atoms with Gasteiger partial charge in [0.1, 0.15) is 5.82 Å². The van der Waals surface area contributed by atoms with Crippen LogP contribution in [0, 0.1) is 12.7 Å². The van der Waals surface area contributed by atoms with Crippen molar-refractivity contribution in [2.75, 3.05) is 6.54 Å². The van der Waals surface area contributed by atoms with Gasteiger partial charge in [0.25, 0.3) is 0 Å². The smallest absolute Gasteiger partial charge is 0.243 e. The van der Waals surface area contributed by atoms with Crippen LogP contribution in [0.3, 0.4) is 0 Å². The third-order valence-electron chi connectivity index (χ3n) is 5.05. The minimum atomic E-state index is -4.10. The van der Waals surface area contributed by atoms with Crippen molar-refractivity contribution in [3.8, 4) is 0 Å². The third-order valence-corrected chi connectivity index (χ3v) is 7.21. The topological polar surface area (TPSA) is 66.5 Å². The minimum Gasteiger partial charge on any atom is -0.348 e. The molecule has 8 heteroatoms. The summed E-state index contributed by atoms with van der Waals surface area (Å²) in [5.74, 6) is -1.15. The van der Waals surface area contributed by atoms with Gasteiger partial charge < -0.3 is 5.32 Å². The summed E-state index contributed by atoms with van der Waals surface area (Å²) >= 11 is 6.13. The number of halogens is 2. The molecule has 0 spiro atoms. The normalized spacial score (nSPS) is 12.5. The van der Waals surface area contributed by atoms with Crippen LogP contribution in [-0.4, -0.2) is 25.2 Å². The molecule has 0 fully saturated rings. The maximum atomic E-state index is 14.4. The van der Waals surface area contributed by atoms with Crippen molar-refractivity contribution in [1.29, 1.82) is 0 Å². The van der Waals surface area contributed by atoms with Crippen LogP contribution in [0.4, 0.5) is 4.39 Å². The molecule has 32 heavy (non-hydrogen) atoms. The van der Waals surface area contributed by atoms with Gasteiger partial charge in [0.15, 0.2) is 0 Å². The molecule has 1 N–H and O–H groups in total. The van der Waals surface area contributed by atoms with Gasteiger partial charge in [-0.15, -0.1) is 0 Å². The highest BCUT2D eigenvalue weighted by Crippen LogP contribution is 2.25. The summed E-state index contributed by atoms with van der Waals surface area (Å²) in [6, 6.07) is 19.4. The number of hydrogen-bond donors (Lipinski definition) is 1. The standard InChI is InChI=1S/C24H24ClFN2O3S/c1-17-11-13-20(14-12-17)32(30,31)28(15-21-22(25)9-6-10-23(21)26)16-24(29)27-18(2)19-7-4-3-5-8-19/h3-14,18H,15-16H2,1-2H3,(H,27,29)/t18-/m1/s1. The fraction of sp³-hybridized carbons (Fsp3) is 0.208. The SMILES string of the molecule is Cc1ccc(S(=O)(=O)N(CC(=O)N[C@H](C)c2ccccc2)Cc2c(F)cccc2Cl)cc1. The van der Waals surface area contributed by atoms with Crippen molar-refractivity contribution >= 4 is 27.5 Å². The second-order valence-corrected chi connectivity index (χ2v) is 9.83. The largest absolute Gasteiger partial charge is 0.348 e. The molecule has 0 saturated carbocycles. The second-order valence-electron chi connectivity index (χ2n) is 7.49. The van der Waals surface area contributed by atoms with Gasteiger partial charge in [0, 0.05) is 17.1 Å². The number of sulfonamides is 1. The lowest BCUT2D eigenvalue weighted by atomic mass is 10.1. The molecule has 0 heterocycles. The van der Waals surface area contributed by atoms with Gasteiger partial charge in [0.05, 0.1) is 17.5 Å². The van der Waals surface area contributed by atoms with E-state index in [0.717, 1.165) is 15.4 Å². The highest BCUT2D eigenvalue weighted by molar-refractivity contribution is 7.89. The minimum absolute atomic E-state index is 0.00811. The average molecular weight is 475 g/mol. The highest BCUT2D eigenvalue weighted by Gasteiger charge is 2.29. The van der Waals surface area contributed by atoms with Gasteiger partial charge in [0.2, 0.25) is 15.9 Å². The number of rotatable bonds is 8. The Morgan fingerprint density at radius 1 is 1.03 bits per heavy atom. The predicted octanol–water partition coefficient (Wildman–Crippen LogP) is 4.86. The molecular weight excluding hydrogens is 451 g/mol. The van der Waals surface area contributed by atoms with Gasteiger partial charge in [-0.3, -0.25) is 4.79 Å². The van der Waals surface area contributed by atoms with Gasteiger partial charge in [-0.25, -0.2) is 12.8 Å². The average Bonchev–Trinajstić information content (AvgIpc) is 2.76. The first kappa shape index (κ1) is 23.9. The molecule has 0 aliphatic heterocycles. The van der Waals surface area contributed by atoms with E-state index in [-0.39, 0.29) is 28.1 Å². The summed E-state index contributed by atoms with van der Waals surface area (Å²) in [5.41, 5.74) is 1.78. The number of carbonyl (C=O) groups is 1. The number of aryl methyl sites for hydroxylation is 1. The van der Waals surface area contributed by atoms with Crippen molar-refractivity contribution in [3.63, 3.8) is 0 Å². The molecule has 0 radical (unpaired) electrons. The quantitative estimate of drug-likeness (QED) is 0.507. The molecule has 0 bridgehead atoms. The lowest BCUT2D eigenvalue weighted by Gasteiger charge is -2.24. The Labute approximate surface area is 192 Å². The zero-order chi connectivity index (χ0) is 23.3. The maximum absolute atomic E-state index is 14.4. The van der Waals surface area contributed by atoms with Crippen molar-refractivity contribution < 1.29 is 17.6 Å². The Bertz CT molecular complexity index is 1170. The summed E-state index contributed by atoms with van der Waals surface area (Å²) in [6.07, 6.45) is 0. The van der Waals surface area contributed by atoms with Crippen LogP contribution < -0.4 is 5.32 Å². The molecule has 0 saturated heterocycles. The molecule has 3 aromatic carbocycles. The van der Waals surface area contributed by atoms with Gasteiger partial charge in [-0.05, 0) is 43.7 Å². The number of benzene rings is 3. The van der Waals surface area contributed by atoms with Crippen molar-refractivity contribution in [1.82, 2.24) is 9.62 Å². The number of nitrogens with zero attached hydrogens (tertiary/aromatic N) is 1. The van der Waals surface area contributed by atoms with E-state index in [1.54, 1.807) is 19.1 Å². The molecule has 3 aromatic rings. The molecule has 1 amide bonds. The molecule has 0 aromatic heterocycles. The fourth-order valence-corrected chi connectivity index (χ4v) is 4.80. The monoisotopic (exact) mass is 474 g/mol. The van der Waals surface area contributed by atoms with E-state index in [0.29, 0.717) is 0 Å². The van der Waals surface area contributed by atoms with Crippen molar-refractivity contribution in [2.45, 2.75) is 31.3 Å². The van der Waals surface area contributed by atoms with Gasteiger partial charge in [-0.1, -0.05) is 65.7 Å². The summed E-state index contributed by atoms with van der Waals surface area (Å²) in [5, 5.41) is 2.89. The predicted molar refractivity (Wildman–Crippen MR) is 123 cm³/mol. The molecular formula is C24H24ClFN2O3S. The molecule has 1 atom stereocenters. The van der Waals surface area contributed by atoms with E-state index in [9.17, 15) is 17.6 Å². The van der Waals surface area contributed by atoms with Crippen LogP contribution in [0.25, 0.3) is 0 Å². The van der Waals surface area contributed by atoms with E-state index >= 15 is 0 Å². The lowest BCUT2D eigenvalue weighted by Crippen LogP contribution is -2.41. The first-order chi connectivity index (χ1) is 15.2. The Morgan fingerprint density at radius 3 is 2.31 bits per heavy atom. The van der Waals surface area contributed by atoms with E-state index in [4.69, 9.17) is 11.6 Å². The Hall–Kier alpha value is -2.74. The van der Waals surface area contributed by atoms with Crippen LogP contribution in [0.1, 0.15) is 29.7 Å². The second kappa shape index (κ2) is 10.3. The van der Waals surface area contributed by atoms with E-state index < -0.39 is 28.3 Å². The maximum Gasteiger partial charge on any atom is 0.243 e. The zero-order valence-corrected chi connectivity index (χ0v) is 19.3. The lowest BCUT2D eigenvalue weighted by molar-refractivity contribution is -0.122. The Balaban J connectivity index is 1.89. The fourth-order valence-electron chi connectivity index (χ4n) is 3.22. The highest BCUT2D eigenvalue weighted by atomic mass is 35.5. The first-order valence-corrected chi connectivity index (χ1v) is 11.8. The van der Waals surface area contributed by atoms with E-state index in [1.165, 1.54) is 30.3 Å². The summed E-state index contributed by atoms with van der Waals surface area (Å²) in [4.78, 5) is 12.8. The number of nitrogens with one attached hydrogen (secondary N) is 1. The summed E-state index contributed by atoms with van der Waals surface area (Å²) < 4.78 is 42.0. The van der Waals surface area contributed by atoms with E-state index in [1.807, 2.05) is 37.3 Å². The first-order valence-electron chi connectivity index (χ1n) is 10.0. The van der Waals surface area contributed by atoms with Crippen molar-refractivity contribution in [3.05, 3.63) is 100 Å². The molecule has 168 valence electrons. The Morgan fingerprint density at radius 2 is 1.69 bits per heavy atom. The number of amides is 1. The Kier molecular flexibility index (Phi) is 7.66. The number of carbonyl (C=O) groups excluding carboxylic acids is 1. The number of hydrogen-bond acceptors (Lipinski definition) is 3. The van der Waals surface area contributed by atoms with Gasteiger partial charge in [-0.2, -0.15) is 4.31 Å². The zero-order valence-electron chi connectivity index (χ0n) is 17.8. The van der Waals surface area contributed by atoms with Crippen LogP contribution in [0.2, 0.25) is 5.02 Å². The van der Waals surface area contributed by atoms with Crippen LogP contribution in [0.5, 0.6) is 0 Å². The molecule has 0 aliphatic rings. The molecule has 0 unspecified atom stereocenters. The summed E-state index contributed by atoms with van der Waals surface area (Å²) in [7, 11) is -4.10.